The van der Waals surface area contributed by atoms with Crippen molar-refractivity contribution in [2.75, 3.05) is 5.73 Å². The first-order chi connectivity index (χ1) is 8.27. The molecule has 1 atom stereocenters. The molecule has 0 bridgehead atoms. The van der Waals surface area contributed by atoms with Gasteiger partial charge in [-0.3, -0.25) is 0 Å². The van der Waals surface area contributed by atoms with E-state index in [9.17, 15) is 0 Å². The Morgan fingerprint density at radius 3 is 2.83 bits per heavy atom. The Balaban J connectivity index is 0.00000120. The van der Waals surface area contributed by atoms with Crippen molar-refractivity contribution in [3.63, 3.8) is 0 Å². The molecule has 1 heterocycles. The van der Waals surface area contributed by atoms with Crippen LogP contribution >= 0.6 is 12.4 Å². The minimum absolute atomic E-state index is 0. The fourth-order valence-corrected chi connectivity index (χ4v) is 2.69. The minimum Gasteiger partial charge on any atom is -0.384 e. The van der Waals surface area contributed by atoms with Gasteiger partial charge in [-0.2, -0.15) is 5.10 Å². The van der Waals surface area contributed by atoms with Gasteiger partial charge >= 0.3 is 0 Å². The summed E-state index contributed by atoms with van der Waals surface area (Å²) in [6.45, 7) is 2.01. The molecule has 0 saturated carbocycles. The van der Waals surface area contributed by atoms with Gasteiger partial charge < -0.3 is 5.73 Å². The summed E-state index contributed by atoms with van der Waals surface area (Å²) in [4.78, 5) is 0. The van der Waals surface area contributed by atoms with E-state index in [1.807, 2.05) is 17.8 Å². The quantitative estimate of drug-likeness (QED) is 0.859. The van der Waals surface area contributed by atoms with Crippen LogP contribution in [0.4, 0.5) is 5.82 Å². The molecule has 0 aliphatic heterocycles. The number of hydrogen-bond acceptors (Lipinski definition) is 2. The molecular weight excluding hydrogens is 246 g/mol. The Morgan fingerprint density at radius 1 is 1.33 bits per heavy atom. The van der Waals surface area contributed by atoms with Crippen LogP contribution in [0.25, 0.3) is 0 Å². The highest BCUT2D eigenvalue weighted by molar-refractivity contribution is 5.85. The number of nitrogens with two attached hydrogens (primary N) is 1. The van der Waals surface area contributed by atoms with Crippen LogP contribution < -0.4 is 5.73 Å². The second kappa shape index (κ2) is 5.02. The molecular formula is C14H18ClN3. The number of nitrogens with zero attached hydrogens (tertiary/aromatic N) is 2. The van der Waals surface area contributed by atoms with E-state index in [4.69, 9.17) is 5.73 Å². The lowest BCUT2D eigenvalue weighted by Crippen LogP contribution is -2.19. The summed E-state index contributed by atoms with van der Waals surface area (Å²) in [5.74, 6) is 0.798. The topological polar surface area (TPSA) is 43.8 Å². The van der Waals surface area contributed by atoms with E-state index in [1.54, 1.807) is 0 Å². The maximum atomic E-state index is 6.09. The highest BCUT2D eigenvalue weighted by atomic mass is 35.5. The molecule has 96 valence electrons. The monoisotopic (exact) mass is 263 g/mol. The van der Waals surface area contributed by atoms with Gasteiger partial charge in [-0.15, -0.1) is 12.4 Å². The zero-order chi connectivity index (χ0) is 11.8. The summed E-state index contributed by atoms with van der Waals surface area (Å²) in [6, 6.07) is 8.94. The first kappa shape index (κ1) is 13.0. The van der Waals surface area contributed by atoms with E-state index >= 15 is 0 Å². The molecule has 18 heavy (non-hydrogen) atoms. The van der Waals surface area contributed by atoms with Gasteiger partial charge in [-0.1, -0.05) is 24.3 Å². The number of anilines is 1. The van der Waals surface area contributed by atoms with Gasteiger partial charge in [0, 0.05) is 5.56 Å². The van der Waals surface area contributed by atoms with Crippen LogP contribution in [0, 0.1) is 6.92 Å². The number of hydrogen-bond donors (Lipinski definition) is 1. The molecule has 0 amide bonds. The van der Waals surface area contributed by atoms with Gasteiger partial charge in [-0.05, 0) is 37.3 Å². The number of rotatable bonds is 1. The van der Waals surface area contributed by atoms with E-state index in [-0.39, 0.29) is 12.4 Å². The van der Waals surface area contributed by atoms with Crippen molar-refractivity contribution in [2.45, 2.75) is 32.2 Å². The molecule has 1 aromatic heterocycles. The number of nitrogen functional groups attached to an aromatic ring is 1. The van der Waals surface area contributed by atoms with Crippen LogP contribution in [0.5, 0.6) is 0 Å². The maximum Gasteiger partial charge on any atom is 0.125 e. The molecule has 1 aromatic carbocycles. The summed E-state index contributed by atoms with van der Waals surface area (Å²) < 4.78 is 1.98. The normalized spacial score (nSPS) is 17.9. The number of benzene rings is 1. The van der Waals surface area contributed by atoms with Crippen LogP contribution in [0.1, 0.15) is 35.6 Å². The highest BCUT2D eigenvalue weighted by Crippen LogP contribution is 2.34. The van der Waals surface area contributed by atoms with Gasteiger partial charge in [0.2, 0.25) is 0 Å². The lowest BCUT2D eigenvalue weighted by Gasteiger charge is -2.26. The molecule has 4 heteroatoms. The predicted octanol–water partition coefficient (Wildman–Crippen LogP) is 3.12. The number of aromatic nitrogens is 2. The van der Waals surface area contributed by atoms with Crippen molar-refractivity contribution in [1.82, 2.24) is 9.78 Å². The minimum atomic E-state index is 0. The predicted molar refractivity (Wildman–Crippen MR) is 76.1 cm³/mol. The molecule has 3 rings (SSSR count). The second-order valence-corrected chi connectivity index (χ2v) is 4.76. The average Bonchev–Trinajstić information content (AvgIpc) is 2.69. The van der Waals surface area contributed by atoms with E-state index < -0.39 is 0 Å². The molecule has 3 nitrogen and oxygen atoms in total. The van der Waals surface area contributed by atoms with Crippen LogP contribution in [0.3, 0.4) is 0 Å². The van der Waals surface area contributed by atoms with E-state index in [2.05, 4.69) is 29.4 Å². The van der Waals surface area contributed by atoms with Crippen LogP contribution in [-0.4, -0.2) is 9.78 Å². The third-order valence-electron chi connectivity index (χ3n) is 3.66. The average molecular weight is 264 g/mol. The Morgan fingerprint density at radius 2 is 2.11 bits per heavy atom. The Kier molecular flexibility index (Phi) is 3.62. The SMILES string of the molecule is Cc1cnn(C2CCCc3ccccc32)c1N.Cl. The molecule has 1 aliphatic rings. The van der Waals surface area contributed by atoms with Crippen molar-refractivity contribution >= 4 is 18.2 Å². The van der Waals surface area contributed by atoms with Gasteiger partial charge in [-0.25, -0.2) is 4.68 Å². The Bertz CT molecular complexity index is 548. The molecule has 0 fully saturated rings. The second-order valence-electron chi connectivity index (χ2n) is 4.76. The van der Waals surface area contributed by atoms with Crippen LogP contribution in [0.15, 0.2) is 30.5 Å². The summed E-state index contributed by atoms with van der Waals surface area (Å²) in [5, 5.41) is 4.43. The molecule has 0 spiro atoms. The fourth-order valence-electron chi connectivity index (χ4n) is 2.69. The molecule has 2 N–H and O–H groups in total. The highest BCUT2D eigenvalue weighted by Gasteiger charge is 2.23. The largest absolute Gasteiger partial charge is 0.384 e. The summed E-state index contributed by atoms with van der Waals surface area (Å²) in [5.41, 5.74) is 9.98. The van der Waals surface area contributed by atoms with Gasteiger partial charge in [0.1, 0.15) is 5.82 Å². The van der Waals surface area contributed by atoms with Gasteiger partial charge in [0.15, 0.2) is 0 Å². The maximum absolute atomic E-state index is 6.09. The summed E-state index contributed by atoms with van der Waals surface area (Å²) in [7, 11) is 0. The van der Waals surface area contributed by atoms with Crippen molar-refractivity contribution < 1.29 is 0 Å². The Labute approximate surface area is 113 Å². The summed E-state index contributed by atoms with van der Waals surface area (Å²) >= 11 is 0. The van der Waals surface area contributed by atoms with Crippen molar-refractivity contribution in [1.29, 1.82) is 0 Å². The van der Waals surface area contributed by atoms with Crippen molar-refractivity contribution in [2.24, 2.45) is 0 Å². The van der Waals surface area contributed by atoms with E-state index in [1.165, 1.54) is 24.0 Å². The Hall–Kier alpha value is -1.48. The smallest absolute Gasteiger partial charge is 0.125 e. The molecule has 0 radical (unpaired) electrons. The van der Waals surface area contributed by atoms with E-state index in [0.717, 1.165) is 17.8 Å². The molecule has 1 unspecified atom stereocenters. The first-order valence-electron chi connectivity index (χ1n) is 6.15. The fraction of sp³-hybridized carbons (Fsp3) is 0.357. The van der Waals surface area contributed by atoms with Gasteiger partial charge in [0.25, 0.3) is 0 Å². The third kappa shape index (κ3) is 1.99. The first-order valence-corrected chi connectivity index (χ1v) is 6.15. The van der Waals surface area contributed by atoms with Crippen molar-refractivity contribution in [3.05, 3.63) is 47.2 Å². The van der Waals surface area contributed by atoms with Crippen molar-refractivity contribution in [3.8, 4) is 0 Å². The lowest BCUT2D eigenvalue weighted by molar-refractivity contribution is 0.456. The number of halogens is 1. The third-order valence-corrected chi connectivity index (χ3v) is 3.66. The molecule has 0 saturated heterocycles. The van der Waals surface area contributed by atoms with E-state index in [0.29, 0.717) is 6.04 Å². The zero-order valence-corrected chi connectivity index (χ0v) is 11.3. The molecule has 1 aliphatic carbocycles. The summed E-state index contributed by atoms with van der Waals surface area (Å²) in [6.07, 6.45) is 5.36. The number of aryl methyl sites for hydroxylation is 2. The van der Waals surface area contributed by atoms with Crippen LogP contribution in [-0.2, 0) is 6.42 Å². The standard InChI is InChI=1S/C14H17N3.ClH/c1-10-9-16-17(14(10)15)13-8-4-6-11-5-2-3-7-12(11)13;/h2-3,5,7,9,13H,4,6,8,15H2,1H3;1H. The van der Waals surface area contributed by atoms with Gasteiger partial charge in [0.05, 0.1) is 12.2 Å². The van der Waals surface area contributed by atoms with Crippen LogP contribution in [0.2, 0.25) is 0 Å². The number of fused-ring (bicyclic) bond motifs is 1. The lowest BCUT2D eigenvalue weighted by atomic mass is 9.88. The zero-order valence-electron chi connectivity index (χ0n) is 10.5. The molecule has 2 aromatic rings.